The van der Waals surface area contributed by atoms with Crippen molar-refractivity contribution in [2.24, 2.45) is 5.92 Å². The van der Waals surface area contributed by atoms with Gasteiger partial charge in [0.05, 0.1) is 18.3 Å². The van der Waals surface area contributed by atoms with Crippen LogP contribution in [0.25, 0.3) is 0 Å². The van der Waals surface area contributed by atoms with Gasteiger partial charge in [-0.1, -0.05) is 13.8 Å². The maximum absolute atomic E-state index is 5.91. The fraction of sp³-hybridized carbons (Fsp3) is 0.667. The van der Waals surface area contributed by atoms with E-state index in [2.05, 4.69) is 24.1 Å². The summed E-state index contributed by atoms with van der Waals surface area (Å²) >= 11 is 0. The zero-order chi connectivity index (χ0) is 15.3. The summed E-state index contributed by atoms with van der Waals surface area (Å²) < 4.78 is 11.0. The van der Waals surface area contributed by atoms with E-state index in [1.807, 2.05) is 26.8 Å². The number of rotatable bonds is 6. The molecule has 0 aromatic carbocycles. The van der Waals surface area contributed by atoms with Crippen molar-refractivity contribution in [1.82, 2.24) is 4.98 Å². The topological polar surface area (TPSA) is 69.4 Å². The number of hydrogen-bond acceptors (Lipinski definition) is 5. The summed E-state index contributed by atoms with van der Waals surface area (Å²) in [6.45, 7) is 10.8. The van der Waals surface area contributed by atoms with Gasteiger partial charge in [0.15, 0.2) is 0 Å². The Morgan fingerprint density at radius 3 is 2.45 bits per heavy atom. The van der Waals surface area contributed by atoms with Gasteiger partial charge < -0.3 is 20.5 Å². The highest BCUT2D eigenvalue weighted by Gasteiger charge is 2.17. The van der Waals surface area contributed by atoms with E-state index in [-0.39, 0.29) is 11.6 Å². The van der Waals surface area contributed by atoms with Crippen LogP contribution >= 0.6 is 0 Å². The zero-order valence-electron chi connectivity index (χ0n) is 13.4. The Hall–Kier alpha value is -1.49. The average molecular weight is 281 g/mol. The first-order valence-electron chi connectivity index (χ1n) is 6.94. The highest BCUT2D eigenvalue weighted by Crippen LogP contribution is 2.25. The Labute approximate surface area is 121 Å². The third kappa shape index (κ3) is 5.25. The predicted octanol–water partition coefficient (Wildman–Crippen LogP) is 2.92. The van der Waals surface area contributed by atoms with E-state index in [9.17, 15) is 0 Å². The van der Waals surface area contributed by atoms with E-state index in [4.69, 9.17) is 15.2 Å². The number of methoxy groups -OCH3 is 1. The summed E-state index contributed by atoms with van der Waals surface area (Å²) in [6, 6.07) is 3.86. The molecule has 0 aliphatic heterocycles. The Morgan fingerprint density at radius 2 is 1.95 bits per heavy atom. The van der Waals surface area contributed by atoms with Crippen molar-refractivity contribution in [2.75, 3.05) is 24.8 Å². The van der Waals surface area contributed by atoms with Gasteiger partial charge in [-0.2, -0.15) is 4.98 Å². The lowest BCUT2D eigenvalue weighted by Crippen LogP contribution is -2.31. The van der Waals surface area contributed by atoms with Crippen LogP contribution in [0.5, 0.6) is 5.88 Å². The molecule has 5 heteroatoms. The summed E-state index contributed by atoms with van der Waals surface area (Å²) in [4.78, 5) is 4.45. The van der Waals surface area contributed by atoms with E-state index in [0.717, 1.165) is 5.82 Å². The first kappa shape index (κ1) is 16.6. The largest absolute Gasteiger partial charge is 0.470 e. The summed E-state index contributed by atoms with van der Waals surface area (Å²) in [5, 5.41) is 3.36. The number of nitrogens with two attached hydrogens (primary N) is 1. The van der Waals surface area contributed by atoms with Gasteiger partial charge >= 0.3 is 0 Å². The van der Waals surface area contributed by atoms with Gasteiger partial charge in [0.2, 0.25) is 5.88 Å². The van der Waals surface area contributed by atoms with Crippen LogP contribution in [0.2, 0.25) is 0 Å². The molecule has 0 fully saturated rings. The zero-order valence-corrected chi connectivity index (χ0v) is 13.4. The smallest absolute Gasteiger partial charge is 0.239 e. The third-order valence-electron chi connectivity index (χ3n) is 2.78. The lowest BCUT2D eigenvalue weighted by molar-refractivity contribution is 0.125. The van der Waals surface area contributed by atoms with Gasteiger partial charge in [0.25, 0.3) is 0 Å². The molecule has 1 unspecified atom stereocenters. The number of pyridine rings is 1. The van der Waals surface area contributed by atoms with Crippen molar-refractivity contribution < 1.29 is 9.47 Å². The van der Waals surface area contributed by atoms with Crippen molar-refractivity contribution in [2.45, 2.75) is 46.3 Å². The van der Waals surface area contributed by atoms with Crippen LogP contribution in [0.3, 0.4) is 0 Å². The summed E-state index contributed by atoms with van der Waals surface area (Å²) in [6.07, 6.45) is 0. The van der Waals surface area contributed by atoms with E-state index in [0.29, 0.717) is 24.1 Å². The monoisotopic (exact) mass is 281 g/mol. The van der Waals surface area contributed by atoms with Gasteiger partial charge in [0.1, 0.15) is 11.4 Å². The highest BCUT2D eigenvalue weighted by molar-refractivity contribution is 5.54. The minimum absolute atomic E-state index is 0.193. The predicted molar refractivity (Wildman–Crippen MR) is 83.2 cm³/mol. The van der Waals surface area contributed by atoms with Gasteiger partial charge in [-0.05, 0) is 38.8 Å². The first-order valence-corrected chi connectivity index (χ1v) is 6.94. The van der Waals surface area contributed by atoms with Crippen LogP contribution < -0.4 is 15.8 Å². The molecule has 0 radical (unpaired) electrons. The molecular weight excluding hydrogens is 254 g/mol. The molecule has 114 valence electrons. The molecule has 1 aromatic rings. The molecule has 20 heavy (non-hydrogen) atoms. The molecule has 0 amide bonds. The summed E-state index contributed by atoms with van der Waals surface area (Å²) in [5.41, 5.74) is 6.12. The van der Waals surface area contributed by atoms with Crippen LogP contribution in [0.1, 0.15) is 34.6 Å². The second-order valence-corrected chi connectivity index (χ2v) is 6.26. The number of nitrogen functional groups attached to an aromatic ring is 1. The van der Waals surface area contributed by atoms with Gasteiger partial charge in [-0.3, -0.25) is 0 Å². The van der Waals surface area contributed by atoms with E-state index in [1.54, 1.807) is 13.2 Å². The molecule has 1 rings (SSSR count). The molecule has 0 aliphatic rings. The molecule has 3 N–H and O–H groups in total. The number of anilines is 2. The van der Waals surface area contributed by atoms with Gasteiger partial charge in [0, 0.05) is 7.11 Å². The molecule has 0 saturated carbocycles. The second-order valence-electron chi connectivity index (χ2n) is 6.26. The number of hydrogen-bond donors (Lipinski definition) is 2. The van der Waals surface area contributed by atoms with Crippen molar-refractivity contribution in [3.63, 3.8) is 0 Å². The molecule has 5 nitrogen and oxygen atoms in total. The molecular formula is C15H27N3O2. The van der Waals surface area contributed by atoms with Crippen LogP contribution in [-0.2, 0) is 4.74 Å². The van der Waals surface area contributed by atoms with Crippen LogP contribution in [0.4, 0.5) is 11.5 Å². The maximum atomic E-state index is 5.91. The normalized spacial score (nSPS) is 13.3. The second kappa shape index (κ2) is 6.79. The number of aromatic nitrogens is 1. The highest BCUT2D eigenvalue weighted by atomic mass is 16.5. The van der Waals surface area contributed by atoms with Gasteiger partial charge in [-0.15, -0.1) is 0 Å². The van der Waals surface area contributed by atoms with E-state index < -0.39 is 0 Å². The number of ether oxygens (including phenoxy) is 2. The Morgan fingerprint density at radius 1 is 1.30 bits per heavy atom. The van der Waals surface area contributed by atoms with E-state index >= 15 is 0 Å². The number of nitrogens with zero attached hydrogens (tertiary/aromatic N) is 1. The van der Waals surface area contributed by atoms with Gasteiger partial charge in [-0.25, -0.2) is 0 Å². The fourth-order valence-corrected chi connectivity index (χ4v) is 1.67. The standard InChI is InChI=1S/C15H27N3O2/c1-10(2)12(9-19-6)17-13-8-7-11(16)14(18-13)20-15(3,4)5/h7-8,10,12H,9,16H2,1-6H3,(H,17,18). The SMILES string of the molecule is COCC(Nc1ccc(N)c(OC(C)(C)C)n1)C(C)C. The third-order valence-corrected chi connectivity index (χ3v) is 2.78. The van der Waals surface area contributed by atoms with E-state index in [1.165, 1.54) is 0 Å². The average Bonchev–Trinajstić information content (AvgIpc) is 2.31. The van der Waals surface area contributed by atoms with Crippen LogP contribution in [0, 0.1) is 5.92 Å². The first-order chi connectivity index (χ1) is 9.23. The Balaban J connectivity index is 2.88. The van der Waals surface area contributed by atoms with Crippen molar-refractivity contribution in [1.29, 1.82) is 0 Å². The molecule has 0 bridgehead atoms. The quantitative estimate of drug-likeness (QED) is 0.839. The molecule has 0 spiro atoms. The molecule has 1 aromatic heterocycles. The van der Waals surface area contributed by atoms with Crippen LogP contribution in [0.15, 0.2) is 12.1 Å². The Kier molecular flexibility index (Phi) is 5.62. The lowest BCUT2D eigenvalue weighted by Gasteiger charge is -2.24. The molecule has 0 saturated heterocycles. The summed E-state index contributed by atoms with van der Waals surface area (Å²) in [7, 11) is 1.70. The number of nitrogens with one attached hydrogen (secondary N) is 1. The Bertz CT molecular complexity index is 428. The fourth-order valence-electron chi connectivity index (χ4n) is 1.67. The minimum Gasteiger partial charge on any atom is -0.470 e. The lowest BCUT2D eigenvalue weighted by atomic mass is 10.1. The molecule has 1 heterocycles. The minimum atomic E-state index is -0.330. The van der Waals surface area contributed by atoms with Crippen molar-refractivity contribution in [3.8, 4) is 5.88 Å². The van der Waals surface area contributed by atoms with Crippen molar-refractivity contribution >= 4 is 11.5 Å². The maximum Gasteiger partial charge on any atom is 0.239 e. The summed E-state index contributed by atoms with van der Waals surface area (Å²) in [5.74, 6) is 1.64. The molecule has 1 atom stereocenters. The molecule has 0 aliphatic carbocycles. The van der Waals surface area contributed by atoms with Crippen molar-refractivity contribution in [3.05, 3.63) is 12.1 Å². The van der Waals surface area contributed by atoms with Crippen LogP contribution in [-0.4, -0.2) is 30.3 Å².